The zero-order valence-electron chi connectivity index (χ0n) is 23.1. The highest BCUT2D eigenvalue weighted by atomic mass is 79.9. The number of aromatic nitrogens is 1. The maximum absolute atomic E-state index is 12.4. The number of aliphatic hydroxyl groups is 1. The van der Waals surface area contributed by atoms with Crippen molar-refractivity contribution in [3.8, 4) is 11.6 Å². The van der Waals surface area contributed by atoms with E-state index in [9.17, 15) is 13.9 Å². The molecule has 2 aliphatic carbocycles. The van der Waals surface area contributed by atoms with Gasteiger partial charge in [-0.25, -0.2) is 13.8 Å². The lowest BCUT2D eigenvalue weighted by Gasteiger charge is -2.40. The minimum atomic E-state index is -2.36. The molecule has 5 nitrogen and oxygen atoms in total. The number of alkyl halides is 2. The zero-order chi connectivity index (χ0) is 28.9. The number of benzene rings is 2. The fourth-order valence-electron chi connectivity index (χ4n) is 6.65. The lowest BCUT2D eigenvalue weighted by atomic mass is 9.72. The summed E-state index contributed by atoms with van der Waals surface area (Å²) < 4.78 is 38.0. The highest BCUT2D eigenvalue weighted by Gasteiger charge is 2.76. The van der Waals surface area contributed by atoms with E-state index in [0.717, 1.165) is 28.6 Å². The summed E-state index contributed by atoms with van der Waals surface area (Å²) in [6.07, 6.45) is 2.07. The molecule has 1 aromatic heterocycles. The molecule has 0 radical (unpaired) electrons. The Morgan fingerprint density at radius 1 is 1.10 bits per heavy atom. The number of halogens is 4. The number of pyridine rings is 1. The van der Waals surface area contributed by atoms with Gasteiger partial charge >= 0.3 is 0 Å². The molecule has 3 aromatic rings. The first kappa shape index (κ1) is 29.2. The number of nitrogens with zero attached hydrogens (tertiary/aromatic N) is 2. The van der Waals surface area contributed by atoms with E-state index in [1.165, 1.54) is 7.11 Å². The molecule has 4 aliphatic rings. The SMILES string of the molecule is CC.CN1CCC12CC2(F)F.COc1nc(Cl)cc2c1C1(O)CCC(c3ccccc3)C1(c1ccc(Br)cc1)O2. The molecule has 2 aromatic carbocycles. The highest BCUT2D eigenvalue weighted by Crippen LogP contribution is 2.68. The molecular weight excluding hydrogens is 602 g/mol. The lowest BCUT2D eigenvalue weighted by Crippen LogP contribution is -2.50. The van der Waals surface area contributed by atoms with E-state index in [0.29, 0.717) is 30.0 Å². The van der Waals surface area contributed by atoms with Crippen molar-refractivity contribution in [3.05, 3.63) is 87.0 Å². The largest absolute Gasteiger partial charge is 0.481 e. The van der Waals surface area contributed by atoms with Crippen LogP contribution < -0.4 is 9.47 Å². The summed E-state index contributed by atoms with van der Waals surface area (Å²) in [5, 5.41) is 12.5. The van der Waals surface area contributed by atoms with Crippen molar-refractivity contribution in [2.75, 3.05) is 20.7 Å². The molecule has 2 aliphatic heterocycles. The zero-order valence-corrected chi connectivity index (χ0v) is 25.4. The molecule has 1 N–H and O–H groups in total. The van der Waals surface area contributed by atoms with E-state index in [1.807, 2.05) is 56.3 Å². The lowest BCUT2D eigenvalue weighted by molar-refractivity contribution is -0.106. The molecular formula is C31H34BrClF2N2O3. The molecule has 214 valence electrons. The molecule has 1 saturated heterocycles. The van der Waals surface area contributed by atoms with Gasteiger partial charge in [0.25, 0.3) is 5.92 Å². The van der Waals surface area contributed by atoms with Crippen LogP contribution in [0, 0.1) is 0 Å². The van der Waals surface area contributed by atoms with Crippen LogP contribution in [0.1, 0.15) is 62.1 Å². The van der Waals surface area contributed by atoms with Gasteiger partial charge in [0, 0.05) is 29.4 Å². The predicted octanol–water partition coefficient (Wildman–Crippen LogP) is 7.69. The smallest absolute Gasteiger partial charge is 0.268 e. The van der Waals surface area contributed by atoms with Crippen molar-refractivity contribution in [3.63, 3.8) is 0 Å². The first-order valence-corrected chi connectivity index (χ1v) is 14.8. The van der Waals surface area contributed by atoms with Crippen LogP contribution in [0.2, 0.25) is 5.15 Å². The third kappa shape index (κ3) is 4.25. The molecule has 3 fully saturated rings. The van der Waals surface area contributed by atoms with Crippen LogP contribution in [-0.2, 0) is 11.2 Å². The topological polar surface area (TPSA) is 54.8 Å². The van der Waals surface area contributed by atoms with E-state index in [2.05, 4.69) is 33.0 Å². The van der Waals surface area contributed by atoms with Gasteiger partial charge in [-0.1, -0.05) is 83.8 Å². The minimum Gasteiger partial charge on any atom is -0.481 e. The summed E-state index contributed by atoms with van der Waals surface area (Å²) in [5.41, 5.74) is -0.365. The van der Waals surface area contributed by atoms with Crippen molar-refractivity contribution in [2.24, 2.45) is 0 Å². The summed E-state index contributed by atoms with van der Waals surface area (Å²) in [7, 11) is 3.30. The Bertz CT molecular complexity index is 1380. The van der Waals surface area contributed by atoms with Gasteiger partial charge in [-0.15, -0.1) is 0 Å². The summed E-state index contributed by atoms with van der Waals surface area (Å²) in [5.74, 6) is -1.58. The summed E-state index contributed by atoms with van der Waals surface area (Å²) in [6, 6.07) is 19.8. The van der Waals surface area contributed by atoms with Crippen LogP contribution in [0.5, 0.6) is 11.6 Å². The van der Waals surface area contributed by atoms with E-state index < -0.39 is 22.7 Å². The molecule has 40 heavy (non-hydrogen) atoms. The molecule has 9 heteroatoms. The van der Waals surface area contributed by atoms with Crippen molar-refractivity contribution < 1.29 is 23.4 Å². The van der Waals surface area contributed by atoms with Crippen LogP contribution >= 0.6 is 27.5 Å². The summed E-state index contributed by atoms with van der Waals surface area (Å²) in [4.78, 5) is 6.06. The fraction of sp³-hybridized carbons (Fsp3) is 0.452. The van der Waals surface area contributed by atoms with E-state index >= 15 is 0 Å². The summed E-state index contributed by atoms with van der Waals surface area (Å²) in [6.45, 7) is 4.84. The average molecular weight is 636 g/mol. The number of fused-ring (bicyclic) bond motifs is 3. The first-order valence-electron chi connectivity index (χ1n) is 13.6. The molecule has 0 amide bonds. The van der Waals surface area contributed by atoms with Crippen LogP contribution in [0.4, 0.5) is 8.78 Å². The number of rotatable bonds is 3. The Morgan fingerprint density at radius 3 is 2.25 bits per heavy atom. The van der Waals surface area contributed by atoms with Crippen molar-refractivity contribution in [1.29, 1.82) is 0 Å². The second-order valence-electron chi connectivity index (χ2n) is 10.6. The van der Waals surface area contributed by atoms with Gasteiger partial charge in [0.05, 0.1) is 18.2 Å². The van der Waals surface area contributed by atoms with Crippen molar-refractivity contribution in [2.45, 2.75) is 68.1 Å². The molecule has 2 saturated carbocycles. The highest BCUT2D eigenvalue weighted by molar-refractivity contribution is 9.10. The Hall–Kier alpha value is -2.26. The van der Waals surface area contributed by atoms with Crippen molar-refractivity contribution in [1.82, 2.24) is 9.88 Å². The second kappa shape index (κ2) is 10.5. The van der Waals surface area contributed by atoms with Crippen LogP contribution in [0.3, 0.4) is 0 Å². The minimum absolute atomic E-state index is 0.0502. The average Bonchev–Trinajstić information content (AvgIpc) is 3.34. The molecule has 4 atom stereocenters. The van der Waals surface area contributed by atoms with Gasteiger partial charge in [0.1, 0.15) is 16.5 Å². The van der Waals surface area contributed by atoms with Crippen molar-refractivity contribution >= 4 is 27.5 Å². The van der Waals surface area contributed by atoms with Crippen LogP contribution in [0.15, 0.2) is 65.1 Å². The monoisotopic (exact) mass is 634 g/mol. The first-order chi connectivity index (χ1) is 19.1. The standard InChI is InChI=1S/C23H19BrClNO3.C6H9F2N.C2H6/c1-28-21-20-18(13-19(25)26-21)29-23(15-7-9-16(24)10-8-15)17(11-12-22(20,23)27)14-5-3-2-4-6-14;1-9-3-2-5(9)4-6(5,7)8;1-2/h2-10,13,17,27H,11-12H2,1H3;2-4H2,1H3;1-2H3. The quantitative estimate of drug-likeness (QED) is 0.299. The van der Waals surface area contributed by atoms with E-state index in [1.54, 1.807) is 18.0 Å². The Balaban J connectivity index is 0.000000246. The van der Waals surface area contributed by atoms with Crippen LogP contribution in [0.25, 0.3) is 0 Å². The number of likely N-dealkylation sites (tertiary alicyclic amines) is 1. The van der Waals surface area contributed by atoms with Crippen LogP contribution in [-0.4, -0.2) is 47.2 Å². The third-order valence-electron chi connectivity index (χ3n) is 8.83. The number of methoxy groups -OCH3 is 1. The maximum atomic E-state index is 12.4. The molecule has 3 heterocycles. The Morgan fingerprint density at radius 2 is 1.75 bits per heavy atom. The number of ether oxygens (including phenoxy) is 2. The Labute approximate surface area is 247 Å². The maximum Gasteiger partial charge on any atom is 0.268 e. The van der Waals surface area contributed by atoms with Gasteiger partial charge in [-0.3, -0.25) is 4.90 Å². The fourth-order valence-corrected chi connectivity index (χ4v) is 7.09. The second-order valence-corrected chi connectivity index (χ2v) is 11.9. The normalized spacial score (nSPS) is 30.5. The predicted molar refractivity (Wildman–Crippen MR) is 155 cm³/mol. The molecule has 1 spiro atoms. The van der Waals surface area contributed by atoms with Gasteiger partial charge in [0.15, 0.2) is 5.60 Å². The van der Waals surface area contributed by atoms with Gasteiger partial charge in [-0.2, -0.15) is 0 Å². The molecule has 4 unspecified atom stereocenters. The third-order valence-corrected chi connectivity index (χ3v) is 9.56. The number of hydrogen-bond acceptors (Lipinski definition) is 5. The molecule has 7 rings (SSSR count). The van der Waals surface area contributed by atoms with E-state index in [-0.39, 0.29) is 17.5 Å². The van der Waals surface area contributed by atoms with Gasteiger partial charge < -0.3 is 14.6 Å². The molecule has 0 bridgehead atoms. The van der Waals surface area contributed by atoms with Gasteiger partial charge in [0.2, 0.25) is 5.88 Å². The number of hydrogen-bond donors (Lipinski definition) is 1. The van der Waals surface area contributed by atoms with Gasteiger partial charge in [-0.05, 0) is 49.6 Å². The Kier molecular flexibility index (Phi) is 7.70. The van der Waals surface area contributed by atoms with E-state index in [4.69, 9.17) is 21.1 Å². The summed E-state index contributed by atoms with van der Waals surface area (Å²) >= 11 is 9.72.